The number of rotatable bonds is 2. The topological polar surface area (TPSA) is 57.5 Å². The summed E-state index contributed by atoms with van der Waals surface area (Å²) in [6.07, 6.45) is 0.0170. The maximum Gasteiger partial charge on any atom is 0.217 e. The van der Waals surface area contributed by atoms with Crippen molar-refractivity contribution in [1.29, 1.82) is 0 Å². The van der Waals surface area contributed by atoms with Crippen LogP contribution < -0.4 is 0 Å². The second-order valence-corrected chi connectivity index (χ2v) is 1.86. The molecule has 0 amide bonds. The van der Waals surface area contributed by atoms with E-state index >= 15 is 0 Å². The third-order valence-electron chi connectivity index (χ3n) is 0.357. The average Bonchev–Trinajstić information content (AvgIpc) is 1.30. The molecule has 0 radical (unpaired) electrons. The van der Waals surface area contributed by atoms with Crippen molar-refractivity contribution in [3.05, 3.63) is 0 Å². The first kappa shape index (κ1) is 6.94. The molecule has 0 saturated heterocycles. The maximum absolute atomic E-state index is 9.45. The molecular weight excluding hydrogens is 116 g/mol. The van der Waals surface area contributed by atoms with Gasteiger partial charge in [0, 0.05) is 0 Å². The standard InChI is InChI=1S/C3H6O3S/c4-2-1-3(5,6)7/h2,5-7H,1H2. The second-order valence-electron chi connectivity index (χ2n) is 1.15. The molecule has 7 heavy (non-hydrogen) atoms. The van der Waals surface area contributed by atoms with Crippen molar-refractivity contribution in [3.8, 4) is 0 Å². The zero-order valence-corrected chi connectivity index (χ0v) is 4.43. The zero-order valence-electron chi connectivity index (χ0n) is 3.53. The van der Waals surface area contributed by atoms with Gasteiger partial charge in [-0.3, -0.25) is 0 Å². The number of carbonyl (C=O) groups is 1. The van der Waals surface area contributed by atoms with Crippen LogP contribution in [0.1, 0.15) is 6.42 Å². The molecule has 0 aliphatic heterocycles. The average molecular weight is 122 g/mol. The summed E-state index contributed by atoms with van der Waals surface area (Å²) in [7, 11) is 0. The number of thiol groups is 1. The molecule has 0 unspecified atom stereocenters. The summed E-state index contributed by atoms with van der Waals surface area (Å²) >= 11 is 3.21. The third kappa shape index (κ3) is 5.94. The molecule has 0 aliphatic rings. The summed E-state index contributed by atoms with van der Waals surface area (Å²) in [4.78, 5) is 9.45. The molecule has 0 aromatic carbocycles. The summed E-state index contributed by atoms with van der Waals surface area (Å²) in [6.45, 7) is 0. The summed E-state index contributed by atoms with van der Waals surface area (Å²) in [5, 5.41) is 14.3. The highest BCUT2D eigenvalue weighted by Gasteiger charge is 2.13. The largest absolute Gasteiger partial charge is 0.357 e. The molecule has 0 aromatic heterocycles. The van der Waals surface area contributed by atoms with Crippen LogP contribution in [0.15, 0.2) is 0 Å². The lowest BCUT2D eigenvalue weighted by Crippen LogP contribution is -2.19. The molecule has 0 spiro atoms. The monoisotopic (exact) mass is 122 g/mol. The zero-order chi connectivity index (χ0) is 5.91. The molecule has 0 bridgehead atoms. The van der Waals surface area contributed by atoms with Gasteiger partial charge in [0.15, 0.2) is 0 Å². The van der Waals surface area contributed by atoms with E-state index in [0.29, 0.717) is 6.29 Å². The molecule has 2 N–H and O–H groups in total. The van der Waals surface area contributed by atoms with E-state index in [4.69, 9.17) is 10.2 Å². The highest BCUT2D eigenvalue weighted by molar-refractivity contribution is 7.81. The number of hydrogen-bond donors (Lipinski definition) is 3. The SMILES string of the molecule is O=CCC(O)(O)S. The van der Waals surface area contributed by atoms with Crippen molar-refractivity contribution in [3.63, 3.8) is 0 Å². The van der Waals surface area contributed by atoms with E-state index in [0.717, 1.165) is 0 Å². The lowest BCUT2D eigenvalue weighted by molar-refractivity contribution is -0.121. The van der Waals surface area contributed by atoms with Crippen LogP contribution in [0.2, 0.25) is 0 Å². The van der Waals surface area contributed by atoms with E-state index in [1.54, 1.807) is 0 Å². The first-order chi connectivity index (χ1) is 3.06. The van der Waals surface area contributed by atoms with E-state index in [1.165, 1.54) is 0 Å². The molecule has 4 heteroatoms. The Morgan fingerprint density at radius 2 is 2.14 bits per heavy atom. The maximum atomic E-state index is 9.45. The normalized spacial score (nSPS) is 11.3. The van der Waals surface area contributed by atoms with Gasteiger partial charge >= 0.3 is 0 Å². The van der Waals surface area contributed by atoms with Gasteiger partial charge in [-0.15, -0.1) is 12.6 Å². The minimum atomic E-state index is -2.12. The number of hydrogen-bond acceptors (Lipinski definition) is 4. The van der Waals surface area contributed by atoms with Crippen LogP contribution in [-0.2, 0) is 4.79 Å². The summed E-state index contributed by atoms with van der Waals surface area (Å²) in [5.41, 5.74) is 0. The lowest BCUT2D eigenvalue weighted by atomic mass is 10.5. The number of carbonyl (C=O) groups excluding carboxylic acids is 1. The van der Waals surface area contributed by atoms with Gasteiger partial charge in [-0.25, -0.2) is 0 Å². The highest BCUT2D eigenvalue weighted by Crippen LogP contribution is 2.06. The van der Waals surface area contributed by atoms with E-state index in [-0.39, 0.29) is 6.42 Å². The number of aliphatic hydroxyl groups is 2. The molecule has 42 valence electrons. The Balaban J connectivity index is 3.34. The minimum Gasteiger partial charge on any atom is -0.357 e. The van der Waals surface area contributed by atoms with E-state index in [1.807, 2.05) is 0 Å². The Hall–Kier alpha value is -0.0600. The molecule has 0 rings (SSSR count). The predicted octanol–water partition coefficient (Wildman–Crippen LogP) is -0.856. The van der Waals surface area contributed by atoms with Crippen molar-refractivity contribution >= 4 is 18.9 Å². The first-order valence-corrected chi connectivity index (χ1v) is 2.12. The van der Waals surface area contributed by atoms with Crippen LogP contribution >= 0.6 is 12.6 Å². The molecule has 0 aromatic rings. The van der Waals surface area contributed by atoms with Gasteiger partial charge in [-0.2, -0.15) is 0 Å². The quantitative estimate of drug-likeness (QED) is 0.254. The second kappa shape index (κ2) is 2.30. The van der Waals surface area contributed by atoms with E-state index in [9.17, 15) is 4.79 Å². The molecule has 0 aliphatic carbocycles. The van der Waals surface area contributed by atoms with Gasteiger partial charge < -0.3 is 15.0 Å². The smallest absolute Gasteiger partial charge is 0.217 e. The van der Waals surface area contributed by atoms with E-state index < -0.39 is 5.12 Å². The van der Waals surface area contributed by atoms with Crippen molar-refractivity contribution in [2.75, 3.05) is 0 Å². The summed E-state index contributed by atoms with van der Waals surface area (Å²) < 4.78 is 0. The first-order valence-electron chi connectivity index (χ1n) is 1.67. The van der Waals surface area contributed by atoms with Crippen molar-refractivity contribution in [1.82, 2.24) is 0 Å². The fourth-order valence-electron chi connectivity index (χ4n) is 0.112. The fraction of sp³-hybridized carbons (Fsp3) is 0.667. The van der Waals surface area contributed by atoms with Crippen LogP contribution in [0.3, 0.4) is 0 Å². The van der Waals surface area contributed by atoms with Gasteiger partial charge in [0.2, 0.25) is 5.12 Å². The van der Waals surface area contributed by atoms with Crippen LogP contribution in [0, 0.1) is 0 Å². The van der Waals surface area contributed by atoms with Crippen LogP contribution in [0.4, 0.5) is 0 Å². The molecular formula is C3H6O3S. The number of aldehydes is 1. The Kier molecular flexibility index (Phi) is 2.28. The minimum absolute atomic E-state index is 0.365. The van der Waals surface area contributed by atoms with Crippen LogP contribution in [0.25, 0.3) is 0 Å². The van der Waals surface area contributed by atoms with Crippen LogP contribution in [0.5, 0.6) is 0 Å². The Morgan fingerprint density at radius 1 is 1.71 bits per heavy atom. The van der Waals surface area contributed by atoms with Crippen molar-refractivity contribution in [2.24, 2.45) is 0 Å². The van der Waals surface area contributed by atoms with Gasteiger partial charge in [0.25, 0.3) is 0 Å². The third-order valence-corrected chi connectivity index (χ3v) is 0.540. The van der Waals surface area contributed by atoms with Gasteiger partial charge in [0.1, 0.15) is 6.29 Å². The van der Waals surface area contributed by atoms with Gasteiger partial charge in [-0.05, 0) is 0 Å². The Morgan fingerprint density at radius 3 is 2.14 bits per heavy atom. The van der Waals surface area contributed by atoms with Crippen molar-refractivity contribution < 1.29 is 15.0 Å². The van der Waals surface area contributed by atoms with Crippen molar-refractivity contribution in [2.45, 2.75) is 11.5 Å². The molecule has 0 heterocycles. The Bertz CT molecular complexity index is 65.1. The summed E-state index contributed by atoms with van der Waals surface area (Å²) in [5.74, 6) is 0. The molecule has 0 atom stereocenters. The predicted molar refractivity (Wildman–Crippen MR) is 26.8 cm³/mol. The lowest BCUT2D eigenvalue weighted by Gasteiger charge is -2.07. The molecule has 0 saturated carbocycles. The highest BCUT2D eigenvalue weighted by atomic mass is 32.1. The van der Waals surface area contributed by atoms with Crippen LogP contribution in [-0.4, -0.2) is 21.6 Å². The van der Waals surface area contributed by atoms with Gasteiger partial charge in [-0.1, -0.05) is 0 Å². The van der Waals surface area contributed by atoms with E-state index in [2.05, 4.69) is 12.6 Å². The fourth-order valence-corrected chi connectivity index (χ4v) is 0.186. The molecule has 0 fully saturated rings. The van der Waals surface area contributed by atoms with Gasteiger partial charge in [0.05, 0.1) is 6.42 Å². The Labute approximate surface area is 46.4 Å². The molecule has 3 nitrogen and oxygen atoms in total. The summed E-state index contributed by atoms with van der Waals surface area (Å²) in [6, 6.07) is 0.